The maximum Gasteiger partial charge on any atom is 0.128 e. The van der Waals surface area contributed by atoms with Crippen LogP contribution in [0.3, 0.4) is 0 Å². The van der Waals surface area contributed by atoms with E-state index in [-0.39, 0.29) is 17.8 Å². The summed E-state index contributed by atoms with van der Waals surface area (Å²) in [6.07, 6.45) is 0. The van der Waals surface area contributed by atoms with Crippen LogP contribution in [0.2, 0.25) is 0 Å². The Morgan fingerprint density at radius 1 is 1.00 bits per heavy atom. The first-order chi connectivity index (χ1) is 9.88. The first-order valence-corrected chi connectivity index (χ1v) is 6.89. The first kappa shape index (κ1) is 15.4. The third-order valence-electron chi connectivity index (χ3n) is 3.61. The Morgan fingerprint density at radius 2 is 1.71 bits per heavy atom. The number of halogens is 2. The molecule has 0 amide bonds. The van der Waals surface area contributed by atoms with Gasteiger partial charge in [-0.25, -0.2) is 8.78 Å². The number of aryl methyl sites for hydroxylation is 1. The van der Waals surface area contributed by atoms with Crippen LogP contribution in [0.4, 0.5) is 8.78 Å². The van der Waals surface area contributed by atoms with E-state index in [2.05, 4.69) is 5.32 Å². The minimum atomic E-state index is -0.419. The first-order valence-electron chi connectivity index (χ1n) is 6.89. The topological polar surface area (TPSA) is 32.3 Å². The molecule has 0 aliphatic rings. The van der Waals surface area contributed by atoms with Gasteiger partial charge in [-0.1, -0.05) is 12.1 Å². The van der Waals surface area contributed by atoms with Crippen LogP contribution in [0.25, 0.3) is 0 Å². The van der Waals surface area contributed by atoms with Crippen LogP contribution >= 0.6 is 0 Å². The minimum absolute atomic E-state index is 0.101. The summed E-state index contributed by atoms with van der Waals surface area (Å²) in [5.41, 5.74) is 1.48. The highest BCUT2D eigenvalue weighted by atomic mass is 19.1. The van der Waals surface area contributed by atoms with Gasteiger partial charge >= 0.3 is 0 Å². The monoisotopic (exact) mass is 291 g/mol. The molecule has 0 heterocycles. The van der Waals surface area contributed by atoms with Crippen molar-refractivity contribution in [3.63, 3.8) is 0 Å². The predicted octanol–water partition coefficient (Wildman–Crippen LogP) is 4.39. The van der Waals surface area contributed by atoms with Crippen molar-refractivity contribution >= 4 is 0 Å². The highest BCUT2D eigenvalue weighted by molar-refractivity contribution is 5.30. The van der Waals surface area contributed by atoms with E-state index in [1.807, 2.05) is 13.0 Å². The molecule has 0 fully saturated rings. The van der Waals surface area contributed by atoms with Crippen LogP contribution in [-0.4, -0.2) is 5.11 Å². The van der Waals surface area contributed by atoms with Gasteiger partial charge in [-0.05, 0) is 56.2 Å². The quantitative estimate of drug-likeness (QED) is 0.875. The lowest BCUT2D eigenvalue weighted by molar-refractivity contribution is 0.458. The Balaban J connectivity index is 2.18. The fourth-order valence-corrected chi connectivity index (χ4v) is 2.35. The number of rotatable bonds is 4. The Kier molecular flexibility index (Phi) is 4.58. The summed E-state index contributed by atoms with van der Waals surface area (Å²) in [6.45, 7) is 5.23. The summed E-state index contributed by atoms with van der Waals surface area (Å²) in [5, 5.41) is 12.7. The van der Waals surface area contributed by atoms with Crippen molar-refractivity contribution < 1.29 is 13.9 Å². The van der Waals surface area contributed by atoms with Gasteiger partial charge in [-0.15, -0.1) is 0 Å². The third-order valence-corrected chi connectivity index (χ3v) is 3.61. The van der Waals surface area contributed by atoms with Crippen LogP contribution in [0, 0.1) is 18.6 Å². The van der Waals surface area contributed by atoms with Crippen LogP contribution in [0.5, 0.6) is 5.75 Å². The van der Waals surface area contributed by atoms with Crippen molar-refractivity contribution in [1.82, 2.24) is 5.32 Å². The van der Waals surface area contributed by atoms with Crippen LogP contribution < -0.4 is 5.32 Å². The number of nitrogens with one attached hydrogen (secondary N) is 1. The average Bonchev–Trinajstić information content (AvgIpc) is 2.42. The molecule has 2 aromatic carbocycles. The molecule has 21 heavy (non-hydrogen) atoms. The standard InChI is InChI=1S/C17H19F2NO/c1-10-7-17(19)15(9-16(10)18)12(3)20-11(2)13-5-4-6-14(21)8-13/h4-9,11-12,20-21H,1-3H3. The lowest BCUT2D eigenvalue weighted by Gasteiger charge is -2.21. The Labute approximate surface area is 123 Å². The molecule has 0 saturated heterocycles. The van der Waals surface area contributed by atoms with E-state index in [0.717, 1.165) is 5.56 Å². The number of hydrogen-bond donors (Lipinski definition) is 2. The van der Waals surface area contributed by atoms with E-state index < -0.39 is 11.6 Å². The molecule has 2 N–H and O–H groups in total. The van der Waals surface area contributed by atoms with Crippen LogP contribution in [-0.2, 0) is 0 Å². The predicted molar refractivity (Wildman–Crippen MR) is 79.2 cm³/mol. The zero-order valence-electron chi connectivity index (χ0n) is 12.3. The van der Waals surface area contributed by atoms with E-state index in [9.17, 15) is 13.9 Å². The SMILES string of the molecule is Cc1cc(F)c(C(C)NC(C)c2cccc(O)c2)cc1F. The molecule has 2 unspecified atom stereocenters. The third kappa shape index (κ3) is 3.58. The number of aromatic hydroxyl groups is 1. The van der Waals surface area contributed by atoms with Crippen LogP contribution in [0.1, 0.15) is 42.6 Å². The van der Waals surface area contributed by atoms with Crippen LogP contribution in [0.15, 0.2) is 36.4 Å². The van der Waals surface area contributed by atoms with E-state index in [1.54, 1.807) is 25.1 Å². The van der Waals surface area contributed by atoms with E-state index in [0.29, 0.717) is 11.1 Å². The molecule has 0 aliphatic heterocycles. The number of phenolic OH excluding ortho intramolecular Hbond substituents is 1. The summed E-state index contributed by atoms with van der Waals surface area (Å²) < 4.78 is 27.6. The molecule has 0 bridgehead atoms. The van der Waals surface area contributed by atoms with Crippen molar-refractivity contribution in [2.24, 2.45) is 0 Å². The summed E-state index contributed by atoms with van der Waals surface area (Å²) in [5.74, 6) is -0.650. The second-order valence-electron chi connectivity index (χ2n) is 5.33. The molecule has 0 saturated carbocycles. The van der Waals surface area contributed by atoms with Gasteiger partial charge in [-0.2, -0.15) is 0 Å². The highest BCUT2D eigenvalue weighted by Gasteiger charge is 2.16. The Bertz CT molecular complexity index is 643. The zero-order chi connectivity index (χ0) is 15.6. The Morgan fingerprint density at radius 3 is 2.38 bits per heavy atom. The molecule has 2 aromatic rings. The van der Waals surface area contributed by atoms with Crippen molar-refractivity contribution in [2.45, 2.75) is 32.9 Å². The molecule has 2 rings (SSSR count). The maximum absolute atomic E-state index is 14.0. The van der Waals surface area contributed by atoms with Gasteiger partial charge in [-0.3, -0.25) is 0 Å². The smallest absolute Gasteiger partial charge is 0.128 e. The summed E-state index contributed by atoms with van der Waals surface area (Å²) >= 11 is 0. The second kappa shape index (κ2) is 6.22. The lowest BCUT2D eigenvalue weighted by Crippen LogP contribution is -2.23. The van der Waals surface area contributed by atoms with Gasteiger partial charge in [0, 0.05) is 17.6 Å². The van der Waals surface area contributed by atoms with Gasteiger partial charge in [0.2, 0.25) is 0 Å². The molecule has 0 radical (unpaired) electrons. The highest BCUT2D eigenvalue weighted by Crippen LogP contribution is 2.25. The fraction of sp³-hybridized carbons (Fsp3) is 0.294. The Hall–Kier alpha value is -1.94. The van der Waals surface area contributed by atoms with Gasteiger partial charge < -0.3 is 10.4 Å². The molecule has 0 aliphatic carbocycles. The number of phenols is 1. The molecule has 4 heteroatoms. The molecule has 0 aromatic heterocycles. The lowest BCUT2D eigenvalue weighted by atomic mass is 10.0. The molecule has 0 spiro atoms. The molecule has 2 nitrogen and oxygen atoms in total. The zero-order valence-corrected chi connectivity index (χ0v) is 12.3. The normalized spacial score (nSPS) is 14.0. The molecular weight excluding hydrogens is 272 g/mol. The van der Waals surface area contributed by atoms with Crippen molar-refractivity contribution in [2.75, 3.05) is 0 Å². The number of hydrogen-bond acceptors (Lipinski definition) is 2. The second-order valence-corrected chi connectivity index (χ2v) is 5.33. The maximum atomic E-state index is 14.0. The molecule has 112 valence electrons. The fourth-order valence-electron chi connectivity index (χ4n) is 2.35. The average molecular weight is 291 g/mol. The van der Waals surface area contributed by atoms with Crippen molar-refractivity contribution in [3.8, 4) is 5.75 Å². The minimum Gasteiger partial charge on any atom is -0.508 e. The van der Waals surface area contributed by atoms with Crippen molar-refractivity contribution in [3.05, 3.63) is 64.7 Å². The molecular formula is C17H19F2NO. The van der Waals surface area contributed by atoms with Gasteiger partial charge in [0.05, 0.1) is 0 Å². The van der Waals surface area contributed by atoms with Gasteiger partial charge in [0.1, 0.15) is 17.4 Å². The van der Waals surface area contributed by atoms with Gasteiger partial charge in [0.15, 0.2) is 0 Å². The summed E-state index contributed by atoms with van der Waals surface area (Å²) in [7, 11) is 0. The number of benzene rings is 2. The molecule has 2 atom stereocenters. The van der Waals surface area contributed by atoms with Crippen molar-refractivity contribution in [1.29, 1.82) is 0 Å². The van der Waals surface area contributed by atoms with E-state index >= 15 is 0 Å². The van der Waals surface area contributed by atoms with E-state index in [1.165, 1.54) is 19.1 Å². The largest absolute Gasteiger partial charge is 0.508 e. The summed E-state index contributed by atoms with van der Waals surface area (Å²) in [4.78, 5) is 0. The summed E-state index contributed by atoms with van der Waals surface area (Å²) in [6, 6.07) is 8.86. The van der Waals surface area contributed by atoms with E-state index in [4.69, 9.17) is 0 Å². The van der Waals surface area contributed by atoms with Gasteiger partial charge in [0.25, 0.3) is 0 Å².